The highest BCUT2D eigenvalue weighted by molar-refractivity contribution is 5.98. The summed E-state index contributed by atoms with van der Waals surface area (Å²) in [5.41, 5.74) is 2.08. The number of anilines is 2. The van der Waals surface area contributed by atoms with Crippen molar-refractivity contribution in [3.63, 3.8) is 0 Å². The molecule has 1 aliphatic rings. The summed E-state index contributed by atoms with van der Waals surface area (Å²) < 4.78 is 5.62. The van der Waals surface area contributed by atoms with Gasteiger partial charge in [0.05, 0.1) is 12.6 Å². The van der Waals surface area contributed by atoms with E-state index in [-0.39, 0.29) is 24.5 Å². The van der Waals surface area contributed by atoms with Crippen molar-refractivity contribution in [2.75, 3.05) is 30.3 Å². The highest BCUT2D eigenvalue weighted by Gasteiger charge is 2.17. The van der Waals surface area contributed by atoms with Crippen LogP contribution in [0.3, 0.4) is 0 Å². The van der Waals surface area contributed by atoms with Crippen LogP contribution >= 0.6 is 0 Å². The van der Waals surface area contributed by atoms with Gasteiger partial charge in [0.25, 0.3) is 5.91 Å². The topological polar surface area (TPSA) is 70.7 Å². The van der Waals surface area contributed by atoms with Gasteiger partial charge in [-0.05, 0) is 69.2 Å². The molecule has 3 rings (SSSR count). The lowest BCUT2D eigenvalue weighted by atomic mass is 10.1. The number of likely N-dealkylation sites (tertiary alicyclic amines) is 1. The molecule has 6 nitrogen and oxygen atoms in total. The van der Waals surface area contributed by atoms with Gasteiger partial charge in [0, 0.05) is 30.0 Å². The van der Waals surface area contributed by atoms with Crippen molar-refractivity contribution in [1.29, 1.82) is 0 Å². The van der Waals surface area contributed by atoms with Crippen LogP contribution in [0.1, 0.15) is 49.9 Å². The first-order valence-corrected chi connectivity index (χ1v) is 10.7. The molecule has 160 valence electrons. The predicted molar refractivity (Wildman–Crippen MR) is 120 cm³/mol. The van der Waals surface area contributed by atoms with Crippen LogP contribution in [0.5, 0.6) is 5.75 Å². The number of hydrogen-bond donors (Lipinski definition) is 2. The molecule has 2 N–H and O–H groups in total. The fourth-order valence-electron chi connectivity index (χ4n) is 3.50. The van der Waals surface area contributed by atoms with E-state index in [0.717, 1.165) is 37.4 Å². The quantitative estimate of drug-likeness (QED) is 0.704. The third-order valence-electron chi connectivity index (χ3n) is 4.97. The molecule has 30 heavy (non-hydrogen) atoms. The normalized spacial score (nSPS) is 14.2. The van der Waals surface area contributed by atoms with Crippen molar-refractivity contribution in [2.45, 2.75) is 45.6 Å². The van der Waals surface area contributed by atoms with Gasteiger partial charge in [-0.1, -0.05) is 18.9 Å². The summed E-state index contributed by atoms with van der Waals surface area (Å²) in [5, 5.41) is 5.96. The van der Waals surface area contributed by atoms with E-state index in [1.165, 1.54) is 12.8 Å². The van der Waals surface area contributed by atoms with E-state index >= 15 is 0 Å². The third-order valence-corrected chi connectivity index (χ3v) is 4.97. The maximum atomic E-state index is 12.8. The number of nitrogens with zero attached hydrogens (tertiary/aromatic N) is 1. The molecular formula is C24H31N3O3. The summed E-state index contributed by atoms with van der Waals surface area (Å²) in [6.07, 6.45) is 4.59. The highest BCUT2D eigenvalue weighted by atomic mass is 16.5. The molecule has 0 spiro atoms. The van der Waals surface area contributed by atoms with Crippen LogP contribution in [0.4, 0.5) is 11.4 Å². The van der Waals surface area contributed by atoms with E-state index in [1.807, 2.05) is 55.1 Å². The van der Waals surface area contributed by atoms with Gasteiger partial charge in [-0.3, -0.25) is 9.59 Å². The van der Waals surface area contributed by atoms with Crippen LogP contribution in [0.25, 0.3) is 0 Å². The van der Waals surface area contributed by atoms with Gasteiger partial charge in [0.15, 0.2) is 0 Å². The summed E-state index contributed by atoms with van der Waals surface area (Å²) in [5.74, 6) is 0.664. The second-order valence-electron chi connectivity index (χ2n) is 7.88. The zero-order chi connectivity index (χ0) is 21.3. The maximum Gasteiger partial charge on any atom is 0.253 e. The van der Waals surface area contributed by atoms with Gasteiger partial charge in [-0.15, -0.1) is 0 Å². The van der Waals surface area contributed by atoms with Gasteiger partial charge < -0.3 is 20.3 Å². The first-order chi connectivity index (χ1) is 14.5. The van der Waals surface area contributed by atoms with Crippen LogP contribution in [-0.4, -0.2) is 42.5 Å². The number of rotatable bonds is 7. The average Bonchev–Trinajstić information content (AvgIpc) is 3.02. The maximum absolute atomic E-state index is 12.8. The number of hydrogen-bond acceptors (Lipinski definition) is 4. The summed E-state index contributed by atoms with van der Waals surface area (Å²) >= 11 is 0. The molecule has 0 aromatic heterocycles. The standard InChI is InChI=1S/C24H31N3O3/c1-18(2)30-22-12-10-20(11-13-22)25-17-23(28)26-21-9-7-8-19(16-21)24(29)27-14-5-3-4-6-15-27/h7-13,16,18,25H,3-6,14-15,17H2,1-2H3,(H,26,28). The van der Waals surface area contributed by atoms with Gasteiger partial charge >= 0.3 is 0 Å². The summed E-state index contributed by atoms with van der Waals surface area (Å²) in [4.78, 5) is 27.0. The Kier molecular flexibility index (Phi) is 7.71. The number of nitrogens with one attached hydrogen (secondary N) is 2. The van der Waals surface area contributed by atoms with E-state index in [9.17, 15) is 9.59 Å². The molecule has 0 bridgehead atoms. The minimum Gasteiger partial charge on any atom is -0.491 e. The number of carbonyl (C=O) groups is 2. The van der Waals surface area contributed by atoms with Crippen molar-refractivity contribution >= 4 is 23.2 Å². The van der Waals surface area contributed by atoms with E-state index in [4.69, 9.17) is 4.74 Å². The van der Waals surface area contributed by atoms with Crippen molar-refractivity contribution in [1.82, 2.24) is 4.90 Å². The molecule has 0 atom stereocenters. The highest BCUT2D eigenvalue weighted by Crippen LogP contribution is 2.18. The van der Waals surface area contributed by atoms with E-state index < -0.39 is 0 Å². The molecule has 1 aliphatic heterocycles. The monoisotopic (exact) mass is 409 g/mol. The molecule has 0 saturated carbocycles. The molecule has 0 unspecified atom stereocenters. The summed E-state index contributed by atoms with van der Waals surface area (Å²) in [7, 11) is 0. The van der Waals surface area contributed by atoms with Crippen molar-refractivity contribution in [2.24, 2.45) is 0 Å². The summed E-state index contributed by atoms with van der Waals surface area (Å²) in [6, 6.07) is 14.7. The van der Waals surface area contributed by atoms with Gasteiger partial charge in [0.2, 0.25) is 5.91 Å². The van der Waals surface area contributed by atoms with Crippen molar-refractivity contribution in [3.8, 4) is 5.75 Å². The molecule has 2 amide bonds. The molecule has 1 heterocycles. The SMILES string of the molecule is CC(C)Oc1ccc(NCC(=O)Nc2cccc(C(=O)N3CCCCCC3)c2)cc1. The zero-order valence-electron chi connectivity index (χ0n) is 17.8. The van der Waals surface area contributed by atoms with Gasteiger partial charge in [0.1, 0.15) is 5.75 Å². The Morgan fingerprint density at radius 3 is 2.33 bits per heavy atom. The number of amides is 2. The van der Waals surface area contributed by atoms with Crippen molar-refractivity contribution in [3.05, 3.63) is 54.1 Å². The molecule has 1 fully saturated rings. The Morgan fingerprint density at radius 2 is 1.67 bits per heavy atom. The second kappa shape index (κ2) is 10.7. The first kappa shape index (κ1) is 21.7. The zero-order valence-corrected chi connectivity index (χ0v) is 17.8. The van der Waals surface area contributed by atoms with Crippen LogP contribution < -0.4 is 15.4 Å². The van der Waals surface area contributed by atoms with E-state index in [1.54, 1.807) is 12.1 Å². The molecule has 2 aromatic rings. The number of benzene rings is 2. The van der Waals surface area contributed by atoms with Gasteiger partial charge in [-0.2, -0.15) is 0 Å². The minimum atomic E-state index is -0.170. The summed E-state index contributed by atoms with van der Waals surface area (Å²) in [6.45, 7) is 5.70. The molecule has 0 radical (unpaired) electrons. The third kappa shape index (κ3) is 6.51. The van der Waals surface area contributed by atoms with Crippen LogP contribution in [-0.2, 0) is 4.79 Å². The fraction of sp³-hybridized carbons (Fsp3) is 0.417. The van der Waals surface area contributed by atoms with Crippen molar-refractivity contribution < 1.29 is 14.3 Å². The lowest BCUT2D eigenvalue weighted by Gasteiger charge is -2.20. The number of carbonyl (C=O) groups excluding carboxylic acids is 2. The molecule has 6 heteroatoms. The van der Waals surface area contributed by atoms with E-state index in [0.29, 0.717) is 11.3 Å². The fourth-order valence-corrected chi connectivity index (χ4v) is 3.50. The minimum absolute atomic E-state index is 0.0369. The average molecular weight is 410 g/mol. The predicted octanol–water partition coefficient (Wildman–Crippen LogP) is 4.54. The Bertz CT molecular complexity index is 841. The molecule has 0 aliphatic carbocycles. The van der Waals surface area contributed by atoms with Gasteiger partial charge in [-0.25, -0.2) is 0 Å². The lowest BCUT2D eigenvalue weighted by Crippen LogP contribution is -2.31. The lowest BCUT2D eigenvalue weighted by molar-refractivity contribution is -0.114. The second-order valence-corrected chi connectivity index (χ2v) is 7.88. The van der Waals surface area contributed by atoms with Crippen LogP contribution in [0, 0.1) is 0 Å². The molecular weight excluding hydrogens is 378 g/mol. The number of ether oxygens (including phenoxy) is 1. The smallest absolute Gasteiger partial charge is 0.253 e. The molecule has 2 aromatic carbocycles. The van der Waals surface area contributed by atoms with Crippen LogP contribution in [0.15, 0.2) is 48.5 Å². The Hall–Kier alpha value is -3.02. The Morgan fingerprint density at radius 1 is 0.967 bits per heavy atom. The van der Waals surface area contributed by atoms with E-state index in [2.05, 4.69) is 10.6 Å². The molecule has 1 saturated heterocycles. The first-order valence-electron chi connectivity index (χ1n) is 10.7. The Labute approximate surface area is 178 Å². The van der Waals surface area contributed by atoms with Crippen LogP contribution in [0.2, 0.25) is 0 Å². The largest absolute Gasteiger partial charge is 0.491 e. The Balaban J connectivity index is 1.52.